The van der Waals surface area contributed by atoms with E-state index in [0.29, 0.717) is 6.04 Å². The molecule has 0 saturated carbocycles. The summed E-state index contributed by atoms with van der Waals surface area (Å²) in [6.45, 7) is 3.04. The standard InChI is InChI=1S/C15H19N3/c16-13-5-3-9-18(10-13)11-15-14-6-2-1-4-12(14)7-8-17-15/h1-2,4,6-8,13H,3,5,9-11,16H2/t13-/m1/s1. The van der Waals surface area contributed by atoms with Crippen molar-refractivity contribution in [3.05, 3.63) is 42.2 Å². The molecule has 94 valence electrons. The number of nitrogens with two attached hydrogens (primary N) is 1. The first-order valence-electron chi connectivity index (χ1n) is 6.63. The third-order valence-electron chi connectivity index (χ3n) is 3.67. The SMILES string of the molecule is N[C@@H]1CCCN(Cc2nccc3ccccc23)C1. The summed E-state index contributed by atoms with van der Waals surface area (Å²) >= 11 is 0. The number of likely N-dealkylation sites (tertiary alicyclic amines) is 1. The van der Waals surface area contributed by atoms with Gasteiger partial charge in [-0.1, -0.05) is 24.3 Å². The fraction of sp³-hybridized carbons (Fsp3) is 0.400. The lowest BCUT2D eigenvalue weighted by Crippen LogP contribution is -2.42. The Labute approximate surface area is 108 Å². The van der Waals surface area contributed by atoms with Gasteiger partial charge in [0.05, 0.1) is 5.69 Å². The second-order valence-electron chi connectivity index (χ2n) is 5.12. The smallest absolute Gasteiger partial charge is 0.0622 e. The van der Waals surface area contributed by atoms with Crippen molar-refractivity contribution in [2.24, 2.45) is 5.73 Å². The van der Waals surface area contributed by atoms with Crippen molar-refractivity contribution in [1.29, 1.82) is 0 Å². The molecular formula is C15H19N3. The minimum absolute atomic E-state index is 0.328. The highest BCUT2D eigenvalue weighted by atomic mass is 15.1. The number of hydrogen-bond acceptors (Lipinski definition) is 3. The molecule has 1 aromatic heterocycles. The molecule has 0 bridgehead atoms. The van der Waals surface area contributed by atoms with E-state index >= 15 is 0 Å². The number of benzene rings is 1. The zero-order valence-corrected chi connectivity index (χ0v) is 10.5. The van der Waals surface area contributed by atoms with Crippen LogP contribution in [0.25, 0.3) is 10.8 Å². The van der Waals surface area contributed by atoms with Crippen molar-refractivity contribution < 1.29 is 0 Å². The van der Waals surface area contributed by atoms with Crippen molar-refractivity contribution >= 4 is 10.8 Å². The monoisotopic (exact) mass is 241 g/mol. The molecule has 1 fully saturated rings. The van der Waals surface area contributed by atoms with Gasteiger partial charge in [0.2, 0.25) is 0 Å². The number of piperidine rings is 1. The molecule has 1 aromatic carbocycles. The summed E-state index contributed by atoms with van der Waals surface area (Å²) in [5.41, 5.74) is 7.20. The molecule has 3 nitrogen and oxygen atoms in total. The molecular weight excluding hydrogens is 222 g/mol. The van der Waals surface area contributed by atoms with Gasteiger partial charge in [-0.25, -0.2) is 0 Å². The zero-order valence-electron chi connectivity index (χ0n) is 10.5. The molecule has 0 radical (unpaired) electrons. The summed E-state index contributed by atoms with van der Waals surface area (Å²) in [6, 6.07) is 10.8. The fourth-order valence-electron chi connectivity index (χ4n) is 2.75. The van der Waals surface area contributed by atoms with Gasteiger partial charge in [0, 0.05) is 30.7 Å². The van der Waals surface area contributed by atoms with Crippen LogP contribution in [0.1, 0.15) is 18.5 Å². The summed E-state index contributed by atoms with van der Waals surface area (Å²) in [4.78, 5) is 6.96. The van der Waals surface area contributed by atoms with Crippen molar-refractivity contribution in [2.75, 3.05) is 13.1 Å². The molecule has 2 N–H and O–H groups in total. The number of rotatable bonds is 2. The zero-order chi connectivity index (χ0) is 12.4. The van der Waals surface area contributed by atoms with Gasteiger partial charge in [0.1, 0.15) is 0 Å². The normalized spacial score (nSPS) is 21.3. The Morgan fingerprint density at radius 2 is 2.17 bits per heavy atom. The van der Waals surface area contributed by atoms with Gasteiger partial charge >= 0.3 is 0 Å². The first kappa shape index (κ1) is 11.6. The van der Waals surface area contributed by atoms with Gasteiger partial charge in [-0.05, 0) is 30.8 Å². The molecule has 3 rings (SSSR count). The number of nitrogens with zero attached hydrogens (tertiary/aromatic N) is 2. The topological polar surface area (TPSA) is 42.1 Å². The molecule has 1 aliphatic heterocycles. The maximum atomic E-state index is 6.03. The minimum atomic E-state index is 0.328. The third kappa shape index (κ3) is 2.37. The molecule has 0 unspecified atom stereocenters. The molecule has 1 saturated heterocycles. The second-order valence-corrected chi connectivity index (χ2v) is 5.12. The second kappa shape index (κ2) is 5.04. The average molecular weight is 241 g/mol. The Hall–Kier alpha value is -1.45. The molecule has 0 amide bonds. The number of aromatic nitrogens is 1. The van der Waals surface area contributed by atoms with Gasteiger partial charge in [-0.15, -0.1) is 0 Å². The lowest BCUT2D eigenvalue weighted by atomic mass is 10.1. The van der Waals surface area contributed by atoms with Crippen LogP contribution in [0, 0.1) is 0 Å². The van der Waals surface area contributed by atoms with Gasteiger partial charge in [0.25, 0.3) is 0 Å². The Kier molecular flexibility index (Phi) is 3.26. The van der Waals surface area contributed by atoms with Crippen LogP contribution in [0.15, 0.2) is 36.5 Å². The van der Waals surface area contributed by atoms with Crippen LogP contribution in [0.2, 0.25) is 0 Å². The summed E-state index contributed by atoms with van der Waals surface area (Å²) < 4.78 is 0. The summed E-state index contributed by atoms with van der Waals surface area (Å²) in [5, 5.41) is 2.53. The highest BCUT2D eigenvalue weighted by Gasteiger charge is 2.17. The molecule has 1 aliphatic rings. The van der Waals surface area contributed by atoms with Gasteiger partial charge in [0.15, 0.2) is 0 Å². The van der Waals surface area contributed by atoms with E-state index in [1.165, 1.54) is 22.9 Å². The van der Waals surface area contributed by atoms with Gasteiger partial charge < -0.3 is 5.73 Å². The highest BCUT2D eigenvalue weighted by molar-refractivity contribution is 5.84. The van der Waals surface area contributed by atoms with Crippen LogP contribution >= 0.6 is 0 Å². The molecule has 1 atom stereocenters. The minimum Gasteiger partial charge on any atom is -0.327 e. The van der Waals surface area contributed by atoms with Gasteiger partial charge in [-0.2, -0.15) is 0 Å². The van der Waals surface area contributed by atoms with E-state index in [4.69, 9.17) is 5.73 Å². The van der Waals surface area contributed by atoms with Crippen LogP contribution in [0.3, 0.4) is 0 Å². The first-order chi connectivity index (χ1) is 8.83. The van der Waals surface area contributed by atoms with E-state index in [-0.39, 0.29) is 0 Å². The molecule has 18 heavy (non-hydrogen) atoms. The van der Waals surface area contributed by atoms with E-state index in [1.54, 1.807) is 0 Å². The van der Waals surface area contributed by atoms with Crippen LogP contribution in [0.5, 0.6) is 0 Å². The summed E-state index contributed by atoms with van der Waals surface area (Å²) in [7, 11) is 0. The van der Waals surface area contributed by atoms with Crippen LogP contribution in [-0.4, -0.2) is 29.0 Å². The lowest BCUT2D eigenvalue weighted by Gasteiger charge is -2.30. The van der Waals surface area contributed by atoms with E-state index in [1.807, 2.05) is 6.20 Å². The Bertz CT molecular complexity index is 533. The highest BCUT2D eigenvalue weighted by Crippen LogP contribution is 2.19. The Morgan fingerprint density at radius 3 is 3.06 bits per heavy atom. The fourth-order valence-corrected chi connectivity index (χ4v) is 2.75. The van der Waals surface area contributed by atoms with Crippen molar-refractivity contribution in [1.82, 2.24) is 9.88 Å². The van der Waals surface area contributed by atoms with Gasteiger partial charge in [-0.3, -0.25) is 9.88 Å². The first-order valence-corrected chi connectivity index (χ1v) is 6.63. The molecule has 2 heterocycles. The van der Waals surface area contributed by atoms with Crippen molar-refractivity contribution in [2.45, 2.75) is 25.4 Å². The largest absolute Gasteiger partial charge is 0.327 e. The van der Waals surface area contributed by atoms with E-state index in [0.717, 1.165) is 26.1 Å². The maximum Gasteiger partial charge on any atom is 0.0622 e. The predicted molar refractivity (Wildman–Crippen MR) is 74.2 cm³/mol. The van der Waals surface area contributed by atoms with Crippen molar-refractivity contribution in [3.8, 4) is 0 Å². The molecule has 0 spiro atoms. The number of pyridine rings is 1. The third-order valence-corrected chi connectivity index (χ3v) is 3.67. The van der Waals surface area contributed by atoms with Crippen LogP contribution < -0.4 is 5.73 Å². The molecule has 2 aromatic rings. The van der Waals surface area contributed by atoms with Crippen LogP contribution in [0.4, 0.5) is 0 Å². The Morgan fingerprint density at radius 1 is 1.28 bits per heavy atom. The number of hydrogen-bond donors (Lipinski definition) is 1. The van der Waals surface area contributed by atoms with E-state index in [2.05, 4.69) is 40.2 Å². The summed E-state index contributed by atoms with van der Waals surface area (Å²) in [6.07, 6.45) is 4.26. The predicted octanol–water partition coefficient (Wildman–Crippen LogP) is 2.16. The summed E-state index contributed by atoms with van der Waals surface area (Å²) in [5.74, 6) is 0. The average Bonchev–Trinajstić information content (AvgIpc) is 2.39. The quantitative estimate of drug-likeness (QED) is 0.876. The van der Waals surface area contributed by atoms with Crippen molar-refractivity contribution in [3.63, 3.8) is 0 Å². The maximum absolute atomic E-state index is 6.03. The van der Waals surface area contributed by atoms with E-state index in [9.17, 15) is 0 Å². The van der Waals surface area contributed by atoms with Crippen LogP contribution in [-0.2, 0) is 6.54 Å². The Balaban J connectivity index is 1.86. The van der Waals surface area contributed by atoms with E-state index < -0.39 is 0 Å². The molecule has 0 aliphatic carbocycles. The lowest BCUT2D eigenvalue weighted by molar-refractivity contribution is 0.200. The molecule has 3 heteroatoms. The number of fused-ring (bicyclic) bond motifs is 1.